The zero-order valence-corrected chi connectivity index (χ0v) is 14.5. The molecule has 3 rings (SSSR count). The van der Waals surface area contributed by atoms with Crippen molar-refractivity contribution in [2.75, 3.05) is 13.1 Å². The monoisotopic (exact) mass is 348 g/mol. The Kier molecular flexibility index (Phi) is 5.25. The number of benzene rings is 1. The van der Waals surface area contributed by atoms with Crippen molar-refractivity contribution >= 4 is 12.0 Å². The highest BCUT2D eigenvalue weighted by Crippen LogP contribution is 2.34. The smallest absolute Gasteiger partial charge is 0.317 e. The first-order valence-corrected chi connectivity index (χ1v) is 8.96. The predicted molar refractivity (Wildman–Crippen MR) is 91.8 cm³/mol. The normalized spacial score (nSPS) is 29.4. The van der Waals surface area contributed by atoms with E-state index in [0.717, 1.165) is 24.8 Å². The van der Waals surface area contributed by atoms with Crippen molar-refractivity contribution in [3.8, 4) is 0 Å². The lowest BCUT2D eigenvalue weighted by Crippen LogP contribution is -2.51. The Morgan fingerprint density at radius 1 is 1.16 bits per heavy atom. The molecule has 6 heteroatoms. The SMILES string of the molecule is CC1CC(C(=O)O)CN(C(=O)NC2CCC(c3ccc(F)cc3)C2)C1. The van der Waals surface area contributed by atoms with Gasteiger partial charge in [-0.15, -0.1) is 0 Å². The molecule has 4 atom stereocenters. The first-order valence-electron chi connectivity index (χ1n) is 8.96. The Bertz CT molecular complexity index is 634. The number of nitrogens with zero attached hydrogens (tertiary/aromatic N) is 1. The number of likely N-dealkylation sites (tertiary alicyclic amines) is 1. The van der Waals surface area contributed by atoms with E-state index >= 15 is 0 Å². The molecule has 0 spiro atoms. The average Bonchev–Trinajstić information content (AvgIpc) is 3.03. The summed E-state index contributed by atoms with van der Waals surface area (Å²) in [6.07, 6.45) is 3.31. The maximum Gasteiger partial charge on any atom is 0.317 e. The number of hydrogen-bond acceptors (Lipinski definition) is 2. The molecule has 1 aliphatic carbocycles. The van der Waals surface area contributed by atoms with Crippen LogP contribution in [0.25, 0.3) is 0 Å². The Morgan fingerprint density at radius 2 is 1.88 bits per heavy atom. The molecule has 0 aromatic heterocycles. The van der Waals surface area contributed by atoms with E-state index in [1.165, 1.54) is 12.1 Å². The zero-order valence-electron chi connectivity index (χ0n) is 14.5. The van der Waals surface area contributed by atoms with E-state index in [0.29, 0.717) is 18.9 Å². The third-order valence-corrected chi connectivity index (χ3v) is 5.40. The Hall–Kier alpha value is -2.11. The fourth-order valence-electron chi connectivity index (χ4n) is 4.11. The number of carbonyl (C=O) groups excluding carboxylic acids is 1. The van der Waals surface area contributed by atoms with Crippen LogP contribution in [-0.4, -0.2) is 41.1 Å². The van der Waals surface area contributed by atoms with E-state index in [2.05, 4.69) is 5.32 Å². The van der Waals surface area contributed by atoms with Crippen LogP contribution in [0.4, 0.5) is 9.18 Å². The Balaban J connectivity index is 1.55. The van der Waals surface area contributed by atoms with Crippen molar-refractivity contribution in [1.82, 2.24) is 10.2 Å². The highest BCUT2D eigenvalue weighted by molar-refractivity contribution is 5.77. The maximum atomic E-state index is 13.0. The van der Waals surface area contributed by atoms with Crippen LogP contribution in [0.15, 0.2) is 24.3 Å². The molecule has 25 heavy (non-hydrogen) atoms. The number of amides is 2. The first-order chi connectivity index (χ1) is 11.9. The number of piperidine rings is 1. The molecule has 2 fully saturated rings. The number of carboxylic acids is 1. The molecule has 2 N–H and O–H groups in total. The van der Waals surface area contributed by atoms with Gasteiger partial charge in [-0.2, -0.15) is 0 Å². The second-order valence-electron chi connectivity index (χ2n) is 7.49. The lowest BCUT2D eigenvalue weighted by molar-refractivity contribution is -0.143. The molecule has 2 aliphatic rings. The summed E-state index contributed by atoms with van der Waals surface area (Å²) in [5, 5.41) is 12.3. The van der Waals surface area contributed by atoms with E-state index in [1.54, 1.807) is 4.90 Å². The topological polar surface area (TPSA) is 69.6 Å². The standard InChI is InChI=1S/C19H25FN2O3/c1-12-8-15(18(23)24)11-22(10-12)19(25)21-17-7-4-14(9-17)13-2-5-16(20)6-3-13/h2-3,5-6,12,14-15,17H,4,7-11H2,1H3,(H,21,25)(H,23,24). The summed E-state index contributed by atoms with van der Waals surface area (Å²) in [5.74, 6) is -1.03. The predicted octanol–water partition coefficient (Wildman–Crippen LogP) is 3.21. The van der Waals surface area contributed by atoms with Crippen molar-refractivity contribution in [1.29, 1.82) is 0 Å². The summed E-state index contributed by atoms with van der Waals surface area (Å²) >= 11 is 0. The summed E-state index contributed by atoms with van der Waals surface area (Å²) in [5.41, 5.74) is 1.11. The molecule has 136 valence electrons. The zero-order chi connectivity index (χ0) is 18.0. The van der Waals surface area contributed by atoms with Crippen LogP contribution in [0.3, 0.4) is 0 Å². The summed E-state index contributed by atoms with van der Waals surface area (Å²) in [6, 6.07) is 6.50. The number of carbonyl (C=O) groups is 2. The van der Waals surface area contributed by atoms with Gasteiger partial charge in [0, 0.05) is 19.1 Å². The number of halogens is 1. The number of carboxylic acid groups (broad SMARTS) is 1. The molecule has 1 heterocycles. The van der Waals surface area contributed by atoms with Gasteiger partial charge in [-0.05, 0) is 55.2 Å². The van der Waals surface area contributed by atoms with Gasteiger partial charge in [0.15, 0.2) is 0 Å². The highest BCUT2D eigenvalue weighted by atomic mass is 19.1. The molecule has 1 aromatic carbocycles. The molecule has 1 saturated carbocycles. The second-order valence-corrected chi connectivity index (χ2v) is 7.49. The third kappa shape index (κ3) is 4.30. The Labute approximate surface area is 147 Å². The van der Waals surface area contributed by atoms with E-state index < -0.39 is 11.9 Å². The first kappa shape index (κ1) is 17.7. The van der Waals surface area contributed by atoms with Gasteiger partial charge >= 0.3 is 12.0 Å². The number of hydrogen-bond donors (Lipinski definition) is 2. The molecular formula is C19H25FN2O3. The van der Waals surface area contributed by atoms with Gasteiger partial charge < -0.3 is 15.3 Å². The molecular weight excluding hydrogens is 323 g/mol. The minimum absolute atomic E-state index is 0.0862. The molecule has 5 nitrogen and oxygen atoms in total. The average molecular weight is 348 g/mol. The van der Waals surface area contributed by atoms with Crippen LogP contribution in [0.5, 0.6) is 0 Å². The molecule has 0 radical (unpaired) electrons. The minimum atomic E-state index is -0.832. The molecule has 1 aliphatic heterocycles. The number of urea groups is 1. The molecule has 1 aromatic rings. The van der Waals surface area contributed by atoms with Crippen molar-refractivity contribution in [2.24, 2.45) is 11.8 Å². The fraction of sp³-hybridized carbons (Fsp3) is 0.579. The van der Waals surface area contributed by atoms with Crippen molar-refractivity contribution in [3.63, 3.8) is 0 Å². The third-order valence-electron chi connectivity index (χ3n) is 5.40. The number of rotatable bonds is 3. The number of nitrogens with one attached hydrogen (secondary N) is 1. The Morgan fingerprint density at radius 3 is 2.56 bits per heavy atom. The van der Waals surface area contributed by atoms with Gasteiger partial charge in [-0.25, -0.2) is 9.18 Å². The number of aliphatic carboxylic acids is 1. The lowest BCUT2D eigenvalue weighted by Gasteiger charge is -2.35. The largest absolute Gasteiger partial charge is 0.481 e. The van der Waals surface area contributed by atoms with Crippen LogP contribution in [0.1, 0.15) is 44.1 Å². The summed E-state index contributed by atoms with van der Waals surface area (Å²) < 4.78 is 13.0. The van der Waals surface area contributed by atoms with Gasteiger partial charge in [0.05, 0.1) is 5.92 Å². The van der Waals surface area contributed by atoms with Gasteiger partial charge in [-0.3, -0.25) is 4.79 Å². The maximum absolute atomic E-state index is 13.0. The van der Waals surface area contributed by atoms with Gasteiger partial charge in [0.1, 0.15) is 5.82 Å². The second kappa shape index (κ2) is 7.42. The minimum Gasteiger partial charge on any atom is -0.481 e. The van der Waals surface area contributed by atoms with Crippen LogP contribution in [-0.2, 0) is 4.79 Å². The summed E-state index contributed by atoms with van der Waals surface area (Å²) in [6.45, 7) is 2.86. The van der Waals surface area contributed by atoms with Crippen LogP contribution < -0.4 is 5.32 Å². The van der Waals surface area contributed by atoms with Crippen molar-refractivity contribution in [3.05, 3.63) is 35.6 Å². The van der Waals surface area contributed by atoms with Crippen LogP contribution in [0.2, 0.25) is 0 Å². The van der Waals surface area contributed by atoms with Crippen molar-refractivity contribution in [2.45, 2.75) is 44.6 Å². The molecule has 2 amide bonds. The fourth-order valence-corrected chi connectivity index (χ4v) is 4.11. The van der Waals surface area contributed by atoms with Crippen LogP contribution >= 0.6 is 0 Å². The van der Waals surface area contributed by atoms with Crippen LogP contribution in [0, 0.1) is 17.7 Å². The summed E-state index contributed by atoms with van der Waals surface area (Å²) in [7, 11) is 0. The lowest BCUT2D eigenvalue weighted by atomic mass is 9.91. The highest BCUT2D eigenvalue weighted by Gasteiger charge is 2.34. The van der Waals surface area contributed by atoms with Crippen molar-refractivity contribution < 1.29 is 19.1 Å². The van der Waals surface area contributed by atoms with Gasteiger partial charge in [0.25, 0.3) is 0 Å². The van der Waals surface area contributed by atoms with E-state index in [4.69, 9.17) is 0 Å². The van der Waals surface area contributed by atoms with E-state index in [1.807, 2.05) is 19.1 Å². The molecule has 0 bridgehead atoms. The quantitative estimate of drug-likeness (QED) is 0.881. The summed E-state index contributed by atoms with van der Waals surface area (Å²) in [4.78, 5) is 25.4. The van der Waals surface area contributed by atoms with E-state index in [-0.39, 0.29) is 30.4 Å². The molecule has 1 saturated heterocycles. The van der Waals surface area contributed by atoms with Gasteiger partial charge in [0.2, 0.25) is 0 Å². The van der Waals surface area contributed by atoms with Gasteiger partial charge in [-0.1, -0.05) is 19.1 Å². The molecule has 4 unspecified atom stereocenters. The van der Waals surface area contributed by atoms with E-state index in [9.17, 15) is 19.1 Å².